The summed E-state index contributed by atoms with van der Waals surface area (Å²) >= 11 is 0. The monoisotopic (exact) mass is 598 g/mol. The Balaban J connectivity index is 0.000000603. The number of aromatic nitrogens is 2. The van der Waals surface area contributed by atoms with E-state index in [9.17, 15) is 28.2 Å². The number of nitrogens with zero attached hydrogens (tertiary/aromatic N) is 3. The Labute approximate surface area is 243 Å². The maximum Gasteiger partial charge on any atom is 0.341 e. The van der Waals surface area contributed by atoms with Crippen molar-refractivity contribution in [1.82, 2.24) is 15.3 Å². The number of hydrogen-bond acceptors (Lipinski definition) is 11. The van der Waals surface area contributed by atoms with Gasteiger partial charge in [-0.2, -0.15) is 0 Å². The smallest absolute Gasteiger partial charge is 0.341 e. The number of piperidine rings is 1. The summed E-state index contributed by atoms with van der Waals surface area (Å²) in [6.07, 6.45) is 5.91. The lowest BCUT2D eigenvalue weighted by atomic mass is 10.0. The second-order valence-corrected chi connectivity index (χ2v) is 11.8. The van der Waals surface area contributed by atoms with Gasteiger partial charge < -0.3 is 36.6 Å². The lowest BCUT2D eigenvalue weighted by Gasteiger charge is -2.34. The van der Waals surface area contributed by atoms with Crippen molar-refractivity contribution in [2.45, 2.75) is 23.8 Å². The SMILES string of the molecule is C=CCS(=O)(=O)C(N)(CNC(=O)c1ccc(N2CCC(Nc3ncccn3)CC2)c(O)c1)C(=O)O.Oc1ccccc1. The first-order valence-electron chi connectivity index (χ1n) is 13.0. The van der Waals surface area contributed by atoms with E-state index in [0.29, 0.717) is 30.5 Å². The Hall–Kier alpha value is -4.69. The number of hydrogen-bond donors (Lipinski definition) is 6. The molecule has 1 aliphatic heterocycles. The number of carboxylic acid groups (broad SMARTS) is 1. The number of rotatable bonds is 10. The molecule has 1 unspecified atom stereocenters. The highest BCUT2D eigenvalue weighted by molar-refractivity contribution is 7.93. The first-order valence-corrected chi connectivity index (χ1v) is 14.6. The van der Waals surface area contributed by atoms with Crippen molar-refractivity contribution in [2.24, 2.45) is 5.73 Å². The van der Waals surface area contributed by atoms with Crippen LogP contribution in [0.15, 0.2) is 79.6 Å². The maximum absolute atomic E-state index is 12.5. The van der Waals surface area contributed by atoms with Gasteiger partial charge in [0.05, 0.1) is 18.0 Å². The van der Waals surface area contributed by atoms with Crippen LogP contribution in [0.5, 0.6) is 11.5 Å². The number of aliphatic carboxylic acids is 1. The minimum absolute atomic E-state index is 0.0258. The molecule has 3 aromatic rings. The summed E-state index contributed by atoms with van der Waals surface area (Å²) in [5, 5.41) is 34.0. The molecule has 0 aliphatic carbocycles. The summed E-state index contributed by atoms with van der Waals surface area (Å²) in [5.41, 5.74) is 6.19. The fourth-order valence-corrected chi connectivity index (χ4v) is 5.28. The van der Waals surface area contributed by atoms with Gasteiger partial charge in [-0.1, -0.05) is 24.3 Å². The number of para-hydroxylation sites is 1. The highest BCUT2D eigenvalue weighted by Gasteiger charge is 2.47. The topological polar surface area (TPSA) is 208 Å². The zero-order chi connectivity index (χ0) is 30.8. The Kier molecular flexibility index (Phi) is 10.8. The Bertz CT molecular complexity index is 1470. The molecular weight excluding hydrogens is 564 g/mol. The third-order valence-electron chi connectivity index (χ3n) is 6.49. The van der Waals surface area contributed by atoms with Crippen molar-refractivity contribution in [3.63, 3.8) is 0 Å². The fraction of sp³-hybridized carbons (Fsp3) is 0.286. The zero-order valence-corrected chi connectivity index (χ0v) is 23.6. The van der Waals surface area contributed by atoms with Crippen LogP contribution < -0.4 is 21.3 Å². The number of anilines is 2. The van der Waals surface area contributed by atoms with Gasteiger partial charge in [0.25, 0.3) is 5.91 Å². The molecule has 1 amide bonds. The summed E-state index contributed by atoms with van der Waals surface area (Å²) in [6, 6.07) is 14.9. The van der Waals surface area contributed by atoms with Gasteiger partial charge >= 0.3 is 5.97 Å². The standard InChI is InChI=1S/C22H28N6O6S.C6H6O/c1-2-12-35(33,34)22(23,20(31)32)14-26-19(30)15-4-5-17(18(29)13-15)28-10-6-16(7-11-28)27-21-24-8-3-9-25-21;7-6-4-2-1-3-5-6/h2-5,8-9,13,16,29H,1,6-7,10-12,14,23H2,(H,26,30)(H,31,32)(H,24,25,27);1-5,7H. The van der Waals surface area contributed by atoms with Gasteiger partial charge in [-0.15, -0.1) is 6.58 Å². The Morgan fingerprint density at radius 1 is 1.07 bits per heavy atom. The highest BCUT2D eigenvalue weighted by atomic mass is 32.2. The maximum atomic E-state index is 12.5. The molecule has 4 rings (SSSR count). The molecule has 0 saturated carbocycles. The number of nitrogens with one attached hydrogen (secondary N) is 2. The predicted octanol–water partition coefficient (Wildman–Crippen LogP) is 1.73. The summed E-state index contributed by atoms with van der Waals surface area (Å²) in [5.74, 6) is -2.48. The molecule has 0 radical (unpaired) electrons. The minimum Gasteiger partial charge on any atom is -0.508 e. The first kappa shape index (κ1) is 31.8. The number of nitrogens with two attached hydrogens (primary N) is 1. The van der Waals surface area contributed by atoms with Crippen LogP contribution in [0, 0.1) is 0 Å². The number of carbonyl (C=O) groups is 2. The molecule has 2 heterocycles. The van der Waals surface area contributed by atoms with Gasteiger partial charge in [0.1, 0.15) is 11.5 Å². The van der Waals surface area contributed by atoms with E-state index in [2.05, 4.69) is 27.2 Å². The van der Waals surface area contributed by atoms with E-state index in [-0.39, 0.29) is 17.4 Å². The lowest BCUT2D eigenvalue weighted by Crippen LogP contribution is -2.61. The van der Waals surface area contributed by atoms with E-state index in [1.165, 1.54) is 12.1 Å². The van der Waals surface area contributed by atoms with Crippen LogP contribution in [0.3, 0.4) is 0 Å². The van der Waals surface area contributed by atoms with Gasteiger partial charge in [-0.3, -0.25) is 4.79 Å². The van der Waals surface area contributed by atoms with Gasteiger partial charge in [-0.05, 0) is 49.2 Å². The zero-order valence-electron chi connectivity index (χ0n) is 22.8. The third-order valence-corrected chi connectivity index (χ3v) is 8.60. The molecular formula is C28H34N6O7S. The lowest BCUT2D eigenvalue weighted by molar-refractivity contribution is -0.139. The third kappa shape index (κ3) is 8.17. The summed E-state index contributed by atoms with van der Waals surface area (Å²) in [6.45, 7) is 3.73. The summed E-state index contributed by atoms with van der Waals surface area (Å²) < 4.78 is 24.5. The molecule has 7 N–H and O–H groups in total. The average molecular weight is 599 g/mol. The number of amides is 1. The first-order chi connectivity index (χ1) is 20.0. The van der Waals surface area contributed by atoms with E-state index in [1.54, 1.807) is 48.8 Å². The minimum atomic E-state index is -4.33. The molecule has 1 aliphatic rings. The number of benzene rings is 2. The molecule has 224 valence electrons. The quantitative estimate of drug-likeness (QED) is 0.184. The van der Waals surface area contributed by atoms with Crippen LogP contribution in [0.25, 0.3) is 0 Å². The van der Waals surface area contributed by atoms with Gasteiger partial charge in [0.15, 0.2) is 9.84 Å². The fourth-order valence-electron chi connectivity index (χ4n) is 4.12. The van der Waals surface area contributed by atoms with Crippen LogP contribution in [-0.2, 0) is 14.6 Å². The van der Waals surface area contributed by atoms with Crippen LogP contribution in [-0.4, -0.2) is 81.9 Å². The summed E-state index contributed by atoms with van der Waals surface area (Å²) in [4.78, 5) is 31.7. The number of phenolic OH excluding ortho intramolecular Hbond substituents is 2. The Morgan fingerprint density at radius 2 is 1.71 bits per heavy atom. The molecule has 0 spiro atoms. The molecule has 0 bridgehead atoms. The van der Waals surface area contributed by atoms with Crippen LogP contribution >= 0.6 is 0 Å². The average Bonchev–Trinajstić information content (AvgIpc) is 2.97. The van der Waals surface area contributed by atoms with Gasteiger partial charge in [-0.25, -0.2) is 23.2 Å². The van der Waals surface area contributed by atoms with Crippen LogP contribution in [0.4, 0.5) is 11.6 Å². The van der Waals surface area contributed by atoms with E-state index in [1.807, 2.05) is 11.0 Å². The summed E-state index contributed by atoms with van der Waals surface area (Å²) in [7, 11) is -4.33. The second kappa shape index (κ2) is 14.3. The van der Waals surface area contributed by atoms with Crippen molar-refractivity contribution in [3.05, 3.63) is 85.2 Å². The highest BCUT2D eigenvalue weighted by Crippen LogP contribution is 2.31. The van der Waals surface area contributed by atoms with Crippen molar-refractivity contribution in [1.29, 1.82) is 0 Å². The van der Waals surface area contributed by atoms with Gasteiger partial charge in [0.2, 0.25) is 10.8 Å². The van der Waals surface area contributed by atoms with Gasteiger partial charge in [0, 0.05) is 37.1 Å². The number of carbonyl (C=O) groups excluding carboxylic acids is 1. The molecule has 1 fully saturated rings. The normalized spacial score (nSPS) is 14.9. The van der Waals surface area contributed by atoms with Crippen LogP contribution in [0.2, 0.25) is 0 Å². The number of carboxylic acids is 1. The number of phenols is 2. The molecule has 1 aromatic heterocycles. The second-order valence-electron chi connectivity index (χ2n) is 9.46. The number of sulfone groups is 1. The largest absolute Gasteiger partial charge is 0.508 e. The van der Waals surface area contributed by atoms with E-state index >= 15 is 0 Å². The van der Waals surface area contributed by atoms with E-state index in [0.717, 1.165) is 18.9 Å². The van der Waals surface area contributed by atoms with Crippen molar-refractivity contribution in [2.75, 3.05) is 35.6 Å². The van der Waals surface area contributed by atoms with Crippen molar-refractivity contribution >= 4 is 33.3 Å². The molecule has 2 aromatic carbocycles. The van der Waals surface area contributed by atoms with Crippen molar-refractivity contribution in [3.8, 4) is 11.5 Å². The predicted molar refractivity (Wildman–Crippen MR) is 158 cm³/mol. The molecule has 1 saturated heterocycles. The molecule has 1 atom stereocenters. The van der Waals surface area contributed by atoms with E-state index in [4.69, 9.17) is 10.8 Å². The van der Waals surface area contributed by atoms with Crippen LogP contribution in [0.1, 0.15) is 23.2 Å². The molecule has 13 nitrogen and oxygen atoms in total. The Morgan fingerprint density at radius 3 is 2.24 bits per heavy atom. The van der Waals surface area contributed by atoms with E-state index < -0.39 is 38.9 Å². The molecule has 42 heavy (non-hydrogen) atoms. The van der Waals surface area contributed by atoms with Crippen molar-refractivity contribution < 1.29 is 33.3 Å². The molecule has 14 heteroatoms. The number of aromatic hydroxyl groups is 2.